The lowest BCUT2D eigenvalue weighted by atomic mass is 10.1. The maximum absolute atomic E-state index is 13.4. The quantitative estimate of drug-likeness (QED) is 0.313. The number of amides is 1. The van der Waals surface area contributed by atoms with E-state index in [2.05, 4.69) is 11.1 Å². The van der Waals surface area contributed by atoms with Crippen molar-refractivity contribution in [2.75, 3.05) is 19.6 Å². The fourth-order valence-electron chi connectivity index (χ4n) is 4.37. The van der Waals surface area contributed by atoms with Gasteiger partial charge in [-0.15, -0.1) is 11.3 Å². The number of nitrogens with zero attached hydrogens (tertiary/aromatic N) is 4. The van der Waals surface area contributed by atoms with Crippen LogP contribution < -0.4 is 4.73 Å². The van der Waals surface area contributed by atoms with Crippen LogP contribution in [0.2, 0.25) is 5.02 Å². The van der Waals surface area contributed by atoms with E-state index in [9.17, 15) is 18.4 Å². The number of fused-ring (bicyclic) bond motifs is 2. The smallest absolute Gasteiger partial charge is 0.264 e. The van der Waals surface area contributed by atoms with Crippen LogP contribution in [0, 0.1) is 16.5 Å². The van der Waals surface area contributed by atoms with Gasteiger partial charge in [0.15, 0.2) is 6.20 Å². The van der Waals surface area contributed by atoms with Gasteiger partial charge in [0.2, 0.25) is 5.52 Å². The van der Waals surface area contributed by atoms with Gasteiger partial charge in [-0.1, -0.05) is 11.6 Å². The van der Waals surface area contributed by atoms with E-state index < -0.39 is 16.1 Å². The lowest BCUT2D eigenvalue weighted by Gasteiger charge is -2.40. The Hall–Kier alpha value is -3.17. The molecule has 0 spiro atoms. The number of piperazine rings is 1. The van der Waals surface area contributed by atoms with Crippen LogP contribution >= 0.6 is 22.9 Å². The van der Waals surface area contributed by atoms with Crippen molar-refractivity contribution < 1.29 is 17.9 Å². The van der Waals surface area contributed by atoms with Crippen LogP contribution in [0.5, 0.6) is 0 Å². The van der Waals surface area contributed by atoms with E-state index in [0.29, 0.717) is 42.2 Å². The number of thiophene rings is 1. The van der Waals surface area contributed by atoms with E-state index in [0.717, 1.165) is 0 Å². The fraction of sp³-hybridized carbons (Fsp3) is 0.261. The molecule has 0 aliphatic carbocycles. The average molecular weight is 530 g/mol. The summed E-state index contributed by atoms with van der Waals surface area (Å²) >= 11 is 7.25. The lowest BCUT2D eigenvalue weighted by molar-refractivity contribution is -0.576. The number of hydrogen-bond donors (Lipinski definition) is 1. The summed E-state index contributed by atoms with van der Waals surface area (Å²) < 4.78 is 29.6. The van der Waals surface area contributed by atoms with Crippen molar-refractivity contribution in [3.63, 3.8) is 0 Å². The first-order valence-electron chi connectivity index (χ1n) is 10.9. The Morgan fingerprint density at radius 3 is 2.89 bits per heavy atom. The number of sulfonamides is 1. The molecule has 1 unspecified atom stereocenters. The fourth-order valence-corrected chi connectivity index (χ4v) is 7.04. The first kappa shape index (κ1) is 23.6. The summed E-state index contributed by atoms with van der Waals surface area (Å²) in [4.78, 5) is 18.4. The summed E-state index contributed by atoms with van der Waals surface area (Å²) in [5.74, 6) is -0.272. The zero-order chi connectivity index (χ0) is 24.7. The molecule has 1 aliphatic rings. The van der Waals surface area contributed by atoms with Crippen LogP contribution in [0.4, 0.5) is 0 Å². The normalized spacial score (nSPS) is 17.1. The zero-order valence-corrected chi connectivity index (χ0v) is 20.7. The van der Waals surface area contributed by atoms with Crippen molar-refractivity contribution >= 4 is 60.0 Å². The molecule has 1 saturated heterocycles. The minimum atomic E-state index is -3.86. The Balaban J connectivity index is 1.42. The highest BCUT2D eigenvalue weighted by atomic mass is 35.5. The van der Waals surface area contributed by atoms with E-state index in [1.165, 1.54) is 21.8 Å². The molecule has 1 fully saturated rings. The molecule has 0 bridgehead atoms. The summed E-state index contributed by atoms with van der Waals surface area (Å²) in [7, 11) is -3.86. The third-order valence-electron chi connectivity index (χ3n) is 6.13. The number of rotatable bonds is 5. The number of carbonyl (C=O) groups excluding carboxylic acids is 1. The summed E-state index contributed by atoms with van der Waals surface area (Å²) in [6, 6.07) is 13.2. The molecular formula is C23H20ClN5O4S2. The molecule has 1 aromatic carbocycles. The molecule has 0 saturated carbocycles. The van der Waals surface area contributed by atoms with Crippen molar-refractivity contribution in [3.05, 3.63) is 63.8 Å². The van der Waals surface area contributed by atoms with Gasteiger partial charge in [0.1, 0.15) is 9.73 Å². The van der Waals surface area contributed by atoms with Crippen LogP contribution in [0.15, 0.2) is 53.7 Å². The molecular weight excluding hydrogens is 510 g/mol. The standard InChI is InChI=1S/C23H20ClN5O4S2/c24-16-5-6-18-15(11-16)12-22(26-18)35(32,33)27-9-10-28(17(14-27)3-1-7-25)23(30)21-13-19-20(34-21)4-2-8-29(19)31/h2,4-6,8,11-13,17,26H,1,3,9-10,14H2. The zero-order valence-electron chi connectivity index (χ0n) is 18.3. The first-order chi connectivity index (χ1) is 16.8. The van der Waals surface area contributed by atoms with Gasteiger partial charge in [0.25, 0.3) is 15.9 Å². The van der Waals surface area contributed by atoms with E-state index in [1.54, 1.807) is 47.4 Å². The molecule has 3 aromatic heterocycles. The molecule has 5 rings (SSSR count). The third kappa shape index (κ3) is 4.34. The van der Waals surface area contributed by atoms with Crippen molar-refractivity contribution in [3.8, 4) is 6.07 Å². The molecule has 1 aliphatic heterocycles. The topological polar surface area (TPSA) is 124 Å². The lowest BCUT2D eigenvalue weighted by Crippen LogP contribution is -2.56. The van der Waals surface area contributed by atoms with Crippen LogP contribution in [0.3, 0.4) is 0 Å². The van der Waals surface area contributed by atoms with Gasteiger partial charge in [-0.3, -0.25) is 4.79 Å². The summed E-state index contributed by atoms with van der Waals surface area (Å²) in [6.45, 7) is 0.351. The SMILES string of the molecule is N#CCCC1CN(S(=O)(=O)c2cc3cc(Cl)ccc3[nH]2)CCN1C(=O)c1cc2c(ccc[n+]2[O-])s1. The summed E-state index contributed by atoms with van der Waals surface area (Å²) in [5.41, 5.74) is 1.07. The largest absolute Gasteiger partial charge is 0.618 e. The molecule has 35 heavy (non-hydrogen) atoms. The number of nitrogens with one attached hydrogen (secondary N) is 1. The van der Waals surface area contributed by atoms with Crippen molar-refractivity contribution in [2.45, 2.75) is 23.9 Å². The molecule has 12 heteroatoms. The van der Waals surface area contributed by atoms with Crippen LogP contribution in [-0.2, 0) is 10.0 Å². The van der Waals surface area contributed by atoms with Gasteiger partial charge in [0.05, 0.1) is 10.9 Å². The van der Waals surface area contributed by atoms with Crippen molar-refractivity contribution in [1.29, 1.82) is 5.26 Å². The van der Waals surface area contributed by atoms with Gasteiger partial charge < -0.3 is 15.1 Å². The number of H-pyrrole nitrogens is 1. The second kappa shape index (κ2) is 9.13. The molecule has 180 valence electrons. The predicted octanol–water partition coefficient (Wildman–Crippen LogP) is 3.49. The van der Waals surface area contributed by atoms with E-state index in [4.69, 9.17) is 16.9 Å². The van der Waals surface area contributed by atoms with Crippen LogP contribution in [0.1, 0.15) is 22.5 Å². The Morgan fingerprint density at radius 2 is 2.11 bits per heavy atom. The number of aromatic nitrogens is 2. The molecule has 9 nitrogen and oxygen atoms in total. The monoisotopic (exact) mass is 529 g/mol. The number of aromatic amines is 1. The molecule has 4 heterocycles. The van der Waals surface area contributed by atoms with Gasteiger partial charge in [0, 0.05) is 60.2 Å². The highest BCUT2D eigenvalue weighted by Gasteiger charge is 2.37. The maximum Gasteiger partial charge on any atom is 0.264 e. The van der Waals surface area contributed by atoms with Gasteiger partial charge in [-0.25, -0.2) is 8.42 Å². The number of nitriles is 1. The van der Waals surface area contributed by atoms with Crippen LogP contribution in [0.25, 0.3) is 21.1 Å². The number of pyridine rings is 1. The first-order valence-corrected chi connectivity index (χ1v) is 13.5. The third-order valence-corrected chi connectivity index (χ3v) is 9.23. The highest BCUT2D eigenvalue weighted by Crippen LogP contribution is 2.29. The van der Waals surface area contributed by atoms with Gasteiger partial charge in [-0.05, 0) is 36.8 Å². The Morgan fingerprint density at radius 1 is 1.29 bits per heavy atom. The van der Waals surface area contributed by atoms with Crippen molar-refractivity contribution in [2.24, 2.45) is 0 Å². The summed E-state index contributed by atoms with van der Waals surface area (Å²) in [5, 5.41) is 22.4. The van der Waals surface area contributed by atoms with E-state index in [1.807, 2.05) is 0 Å². The average Bonchev–Trinajstić information content (AvgIpc) is 3.47. The predicted molar refractivity (Wildman–Crippen MR) is 133 cm³/mol. The van der Waals surface area contributed by atoms with Gasteiger partial charge in [-0.2, -0.15) is 14.3 Å². The minimum absolute atomic E-state index is 0.0538. The number of carbonyl (C=O) groups is 1. The highest BCUT2D eigenvalue weighted by molar-refractivity contribution is 7.89. The van der Waals surface area contributed by atoms with Crippen LogP contribution in [-0.4, -0.2) is 54.2 Å². The second-order valence-electron chi connectivity index (χ2n) is 8.27. The summed E-state index contributed by atoms with van der Waals surface area (Å²) in [6.07, 6.45) is 1.89. The van der Waals surface area contributed by atoms with E-state index in [-0.39, 0.29) is 37.0 Å². The minimum Gasteiger partial charge on any atom is -0.618 e. The molecule has 1 atom stereocenters. The Labute approximate surface area is 210 Å². The molecule has 4 aromatic rings. The molecule has 1 amide bonds. The molecule has 1 N–H and O–H groups in total. The van der Waals surface area contributed by atoms with Gasteiger partial charge >= 0.3 is 0 Å². The Bertz CT molecular complexity index is 1590. The Kier molecular flexibility index (Phi) is 6.14. The second-order valence-corrected chi connectivity index (χ2v) is 11.7. The number of benzene rings is 1. The number of halogens is 1. The number of hydrogen-bond acceptors (Lipinski definition) is 6. The van der Waals surface area contributed by atoms with E-state index >= 15 is 0 Å². The van der Waals surface area contributed by atoms with Crippen molar-refractivity contribution in [1.82, 2.24) is 14.2 Å². The molecule has 0 radical (unpaired) electrons. The maximum atomic E-state index is 13.4.